The molecule has 27 heavy (non-hydrogen) atoms. The summed E-state index contributed by atoms with van der Waals surface area (Å²) in [7, 11) is 0. The van der Waals surface area contributed by atoms with Crippen LogP contribution in [0.3, 0.4) is 0 Å². The van der Waals surface area contributed by atoms with Crippen LogP contribution in [-0.2, 0) is 10.2 Å². The number of hydrogen-bond acceptors (Lipinski definition) is 2. The van der Waals surface area contributed by atoms with Gasteiger partial charge in [0.25, 0.3) is 0 Å². The smallest absolute Gasteiger partial charge is 0.317 e. The first-order valence-corrected chi connectivity index (χ1v) is 10.6. The Labute approximate surface area is 162 Å². The molecule has 0 atom stereocenters. The zero-order chi connectivity index (χ0) is 18.7. The lowest BCUT2D eigenvalue weighted by Gasteiger charge is -2.46. The second kappa shape index (κ2) is 7.91. The Balaban J connectivity index is 1.33. The molecule has 1 saturated heterocycles. The molecule has 1 N–H and O–H groups in total. The third-order valence-corrected chi connectivity index (χ3v) is 6.73. The molecular formula is C22H31N3O2. The number of nitrogens with zero attached hydrogens (tertiary/aromatic N) is 2. The van der Waals surface area contributed by atoms with Crippen molar-refractivity contribution in [3.63, 3.8) is 0 Å². The summed E-state index contributed by atoms with van der Waals surface area (Å²) in [6.07, 6.45) is 8.92. The first kappa shape index (κ1) is 18.3. The average molecular weight is 370 g/mol. The summed E-state index contributed by atoms with van der Waals surface area (Å²) in [6.45, 7) is 2.56. The number of hydrogen-bond donors (Lipinski definition) is 1. The molecule has 5 heteroatoms. The molecule has 0 radical (unpaired) electrons. The van der Waals surface area contributed by atoms with Gasteiger partial charge in [0.2, 0.25) is 5.91 Å². The van der Waals surface area contributed by atoms with E-state index in [1.54, 1.807) is 0 Å². The van der Waals surface area contributed by atoms with Crippen LogP contribution in [0.2, 0.25) is 0 Å². The molecule has 146 valence electrons. The molecule has 0 aromatic heterocycles. The Bertz CT molecular complexity index is 657. The topological polar surface area (TPSA) is 52.7 Å². The number of urea groups is 1. The van der Waals surface area contributed by atoms with Crippen molar-refractivity contribution in [2.45, 2.75) is 62.8 Å². The Hall–Kier alpha value is -2.04. The van der Waals surface area contributed by atoms with Gasteiger partial charge in [-0.1, -0.05) is 56.0 Å². The van der Waals surface area contributed by atoms with Crippen molar-refractivity contribution in [1.29, 1.82) is 0 Å². The van der Waals surface area contributed by atoms with Gasteiger partial charge < -0.3 is 15.1 Å². The molecule has 2 aliphatic carbocycles. The van der Waals surface area contributed by atoms with E-state index in [1.807, 2.05) is 28.0 Å². The van der Waals surface area contributed by atoms with E-state index in [9.17, 15) is 9.59 Å². The highest BCUT2D eigenvalue weighted by Crippen LogP contribution is 2.45. The lowest BCUT2D eigenvalue weighted by Crippen LogP contribution is -2.59. The van der Waals surface area contributed by atoms with Crippen molar-refractivity contribution in [3.05, 3.63) is 35.9 Å². The van der Waals surface area contributed by atoms with Crippen LogP contribution in [0.25, 0.3) is 0 Å². The van der Waals surface area contributed by atoms with Crippen molar-refractivity contribution in [1.82, 2.24) is 15.1 Å². The number of amides is 3. The van der Waals surface area contributed by atoms with E-state index in [2.05, 4.69) is 17.4 Å². The van der Waals surface area contributed by atoms with E-state index in [1.165, 1.54) is 19.3 Å². The molecule has 1 aliphatic heterocycles. The largest absolute Gasteiger partial charge is 0.338 e. The van der Waals surface area contributed by atoms with Gasteiger partial charge in [-0.2, -0.15) is 0 Å². The number of rotatable bonds is 3. The summed E-state index contributed by atoms with van der Waals surface area (Å²) >= 11 is 0. The van der Waals surface area contributed by atoms with Crippen LogP contribution in [0.5, 0.6) is 0 Å². The van der Waals surface area contributed by atoms with Crippen LogP contribution in [0.1, 0.15) is 56.9 Å². The number of nitrogens with one attached hydrogen (secondary N) is 1. The molecule has 2 saturated carbocycles. The molecule has 0 unspecified atom stereocenters. The maximum absolute atomic E-state index is 13.3. The van der Waals surface area contributed by atoms with Gasteiger partial charge in [0.05, 0.1) is 5.41 Å². The summed E-state index contributed by atoms with van der Waals surface area (Å²) in [4.78, 5) is 29.7. The highest BCUT2D eigenvalue weighted by Gasteiger charge is 2.48. The summed E-state index contributed by atoms with van der Waals surface area (Å²) in [5.41, 5.74) is 0.826. The predicted molar refractivity (Wildman–Crippen MR) is 106 cm³/mol. The molecule has 3 fully saturated rings. The van der Waals surface area contributed by atoms with Gasteiger partial charge in [-0.05, 0) is 31.2 Å². The number of carbonyl (C=O) groups is 2. The molecule has 5 nitrogen and oxygen atoms in total. The van der Waals surface area contributed by atoms with E-state index in [-0.39, 0.29) is 17.4 Å². The highest BCUT2D eigenvalue weighted by atomic mass is 16.2. The van der Waals surface area contributed by atoms with E-state index in [0.29, 0.717) is 32.2 Å². The van der Waals surface area contributed by atoms with Crippen molar-refractivity contribution < 1.29 is 9.59 Å². The van der Waals surface area contributed by atoms with Crippen LogP contribution >= 0.6 is 0 Å². The zero-order valence-electron chi connectivity index (χ0n) is 16.2. The Morgan fingerprint density at radius 3 is 2.07 bits per heavy atom. The fourth-order valence-electron chi connectivity index (χ4n) is 4.84. The van der Waals surface area contributed by atoms with E-state index in [4.69, 9.17) is 0 Å². The van der Waals surface area contributed by atoms with Crippen molar-refractivity contribution >= 4 is 11.9 Å². The lowest BCUT2D eigenvalue weighted by molar-refractivity contribution is -0.142. The van der Waals surface area contributed by atoms with Crippen molar-refractivity contribution in [2.75, 3.05) is 26.2 Å². The molecule has 3 amide bonds. The minimum atomic E-state index is -0.326. The van der Waals surface area contributed by atoms with Gasteiger partial charge in [-0.25, -0.2) is 4.79 Å². The average Bonchev–Trinajstić information content (AvgIpc) is 2.69. The van der Waals surface area contributed by atoms with Crippen molar-refractivity contribution in [2.24, 2.45) is 0 Å². The number of benzene rings is 1. The molecule has 0 spiro atoms. The SMILES string of the molecule is O=C(NC1CCCCC1)N1CCN(C(=O)C2(c3ccccc3)CCC2)CC1. The van der Waals surface area contributed by atoms with E-state index < -0.39 is 0 Å². The van der Waals surface area contributed by atoms with E-state index in [0.717, 1.165) is 37.7 Å². The highest BCUT2D eigenvalue weighted by molar-refractivity contribution is 5.89. The van der Waals surface area contributed by atoms with Gasteiger partial charge in [-0.15, -0.1) is 0 Å². The summed E-state index contributed by atoms with van der Waals surface area (Å²) in [5, 5.41) is 3.19. The molecule has 1 heterocycles. The zero-order valence-corrected chi connectivity index (χ0v) is 16.2. The van der Waals surface area contributed by atoms with Gasteiger partial charge in [0.15, 0.2) is 0 Å². The second-order valence-corrected chi connectivity index (χ2v) is 8.37. The maximum atomic E-state index is 13.3. The molecule has 1 aromatic carbocycles. The van der Waals surface area contributed by atoms with Crippen LogP contribution < -0.4 is 5.32 Å². The fourth-order valence-corrected chi connectivity index (χ4v) is 4.84. The summed E-state index contributed by atoms with van der Waals surface area (Å²) < 4.78 is 0. The second-order valence-electron chi connectivity index (χ2n) is 8.37. The normalized spacial score (nSPS) is 22.8. The fraction of sp³-hybridized carbons (Fsp3) is 0.636. The van der Waals surface area contributed by atoms with Gasteiger partial charge in [0, 0.05) is 32.2 Å². The Kier molecular flexibility index (Phi) is 5.37. The minimum absolute atomic E-state index is 0.0513. The van der Waals surface area contributed by atoms with Gasteiger partial charge in [0.1, 0.15) is 0 Å². The molecule has 4 rings (SSSR count). The maximum Gasteiger partial charge on any atom is 0.317 e. The van der Waals surface area contributed by atoms with Crippen LogP contribution in [0.4, 0.5) is 4.79 Å². The van der Waals surface area contributed by atoms with Crippen LogP contribution in [0.15, 0.2) is 30.3 Å². The molecule has 0 bridgehead atoms. The monoisotopic (exact) mass is 369 g/mol. The summed E-state index contributed by atoms with van der Waals surface area (Å²) in [6, 6.07) is 10.6. The van der Waals surface area contributed by atoms with E-state index >= 15 is 0 Å². The first-order valence-electron chi connectivity index (χ1n) is 10.6. The quantitative estimate of drug-likeness (QED) is 0.889. The Morgan fingerprint density at radius 2 is 1.48 bits per heavy atom. The predicted octanol–water partition coefficient (Wildman–Crippen LogP) is 3.29. The number of carbonyl (C=O) groups excluding carboxylic acids is 2. The van der Waals surface area contributed by atoms with Gasteiger partial charge >= 0.3 is 6.03 Å². The van der Waals surface area contributed by atoms with Crippen molar-refractivity contribution in [3.8, 4) is 0 Å². The minimum Gasteiger partial charge on any atom is -0.338 e. The lowest BCUT2D eigenvalue weighted by atomic mass is 9.63. The summed E-state index contributed by atoms with van der Waals surface area (Å²) in [5.74, 6) is 0.257. The van der Waals surface area contributed by atoms with Crippen LogP contribution in [-0.4, -0.2) is 54.0 Å². The van der Waals surface area contributed by atoms with Gasteiger partial charge in [-0.3, -0.25) is 4.79 Å². The molecule has 1 aromatic rings. The standard InChI is InChI=1S/C22H31N3O2/c26-20(22(12-7-13-22)18-8-3-1-4-9-18)24-14-16-25(17-15-24)21(27)23-19-10-5-2-6-11-19/h1,3-4,8-9,19H,2,5-7,10-17H2,(H,23,27). The first-order chi connectivity index (χ1) is 13.2. The molecule has 3 aliphatic rings. The third-order valence-electron chi connectivity index (χ3n) is 6.73. The third kappa shape index (κ3) is 3.69. The molecular weight excluding hydrogens is 338 g/mol. The van der Waals surface area contributed by atoms with Crippen LogP contribution in [0, 0.1) is 0 Å². The Morgan fingerprint density at radius 1 is 0.852 bits per heavy atom. The number of piperazine rings is 1.